The molecule has 2 heterocycles. The lowest BCUT2D eigenvalue weighted by molar-refractivity contribution is 0.545. The topological polar surface area (TPSA) is 67.9 Å². The average molecular weight is 271 g/mol. The number of anilines is 2. The first kappa shape index (κ1) is 14.2. The van der Waals surface area contributed by atoms with Crippen LogP contribution in [0.1, 0.15) is 32.3 Å². The Balaban J connectivity index is 2.26. The first-order valence-electron chi connectivity index (χ1n) is 6.62. The SMILES string of the molecule is CN(Cc1ccccn1)c1cc(N)nc(C(C)(C)C)n1. The average Bonchev–Trinajstić information content (AvgIpc) is 2.38. The molecule has 0 aliphatic heterocycles. The fraction of sp³-hybridized carbons (Fsp3) is 0.400. The molecule has 0 spiro atoms. The number of nitrogens with two attached hydrogens (primary N) is 1. The second-order valence-corrected chi connectivity index (χ2v) is 5.90. The zero-order valence-corrected chi connectivity index (χ0v) is 12.5. The van der Waals surface area contributed by atoms with Crippen molar-refractivity contribution in [2.45, 2.75) is 32.7 Å². The van der Waals surface area contributed by atoms with Crippen LogP contribution in [0.25, 0.3) is 0 Å². The van der Waals surface area contributed by atoms with E-state index in [2.05, 4.69) is 35.7 Å². The van der Waals surface area contributed by atoms with Crippen LogP contribution in [0.5, 0.6) is 0 Å². The van der Waals surface area contributed by atoms with Crippen LogP contribution in [0.3, 0.4) is 0 Å². The van der Waals surface area contributed by atoms with Gasteiger partial charge in [-0.05, 0) is 12.1 Å². The number of rotatable bonds is 3. The quantitative estimate of drug-likeness (QED) is 0.928. The van der Waals surface area contributed by atoms with Crippen LogP contribution in [0, 0.1) is 0 Å². The van der Waals surface area contributed by atoms with Crippen molar-refractivity contribution >= 4 is 11.6 Å². The number of pyridine rings is 1. The molecule has 0 fully saturated rings. The van der Waals surface area contributed by atoms with Gasteiger partial charge in [0.15, 0.2) is 0 Å². The summed E-state index contributed by atoms with van der Waals surface area (Å²) < 4.78 is 0. The Morgan fingerprint density at radius 2 is 1.95 bits per heavy atom. The molecule has 2 N–H and O–H groups in total. The standard InChI is InChI=1S/C15H21N5/c1-15(2,3)14-18-12(16)9-13(19-14)20(4)10-11-7-5-6-8-17-11/h5-9H,10H2,1-4H3,(H2,16,18,19). The molecule has 0 bridgehead atoms. The Hall–Kier alpha value is -2.17. The van der Waals surface area contributed by atoms with E-state index < -0.39 is 0 Å². The second-order valence-electron chi connectivity index (χ2n) is 5.90. The molecule has 0 unspecified atom stereocenters. The molecule has 2 rings (SSSR count). The molecule has 0 atom stereocenters. The van der Waals surface area contributed by atoms with E-state index in [-0.39, 0.29) is 5.41 Å². The minimum atomic E-state index is -0.129. The van der Waals surface area contributed by atoms with Gasteiger partial charge in [0.05, 0.1) is 12.2 Å². The predicted molar refractivity (Wildman–Crippen MR) is 81.5 cm³/mol. The van der Waals surface area contributed by atoms with Gasteiger partial charge in [-0.25, -0.2) is 9.97 Å². The Bertz CT molecular complexity index is 575. The molecule has 0 aliphatic carbocycles. The van der Waals surface area contributed by atoms with E-state index in [4.69, 9.17) is 5.73 Å². The van der Waals surface area contributed by atoms with E-state index in [0.29, 0.717) is 12.4 Å². The molecule has 2 aromatic heterocycles. The van der Waals surface area contributed by atoms with Gasteiger partial charge in [0.25, 0.3) is 0 Å². The summed E-state index contributed by atoms with van der Waals surface area (Å²) in [6.07, 6.45) is 1.79. The van der Waals surface area contributed by atoms with E-state index in [1.54, 1.807) is 12.3 Å². The molecule has 0 saturated heterocycles. The second kappa shape index (κ2) is 5.45. The van der Waals surface area contributed by atoms with Gasteiger partial charge in [-0.3, -0.25) is 4.98 Å². The zero-order valence-electron chi connectivity index (χ0n) is 12.5. The maximum atomic E-state index is 5.89. The minimum absolute atomic E-state index is 0.129. The van der Waals surface area contributed by atoms with E-state index in [1.165, 1.54) is 0 Å². The molecular formula is C15H21N5. The third kappa shape index (κ3) is 3.44. The van der Waals surface area contributed by atoms with Crippen molar-refractivity contribution in [1.82, 2.24) is 15.0 Å². The van der Waals surface area contributed by atoms with Crippen LogP contribution in [0.15, 0.2) is 30.5 Å². The summed E-state index contributed by atoms with van der Waals surface area (Å²) in [5.41, 5.74) is 6.76. The molecule has 0 aliphatic rings. The molecule has 5 nitrogen and oxygen atoms in total. The summed E-state index contributed by atoms with van der Waals surface area (Å²) in [7, 11) is 1.98. The highest BCUT2D eigenvalue weighted by atomic mass is 15.2. The molecule has 0 radical (unpaired) electrons. The Labute approximate surface area is 119 Å². The van der Waals surface area contributed by atoms with Crippen molar-refractivity contribution in [3.05, 3.63) is 42.0 Å². The molecule has 5 heteroatoms. The molecule has 0 aromatic carbocycles. The fourth-order valence-electron chi connectivity index (χ4n) is 1.80. The number of hydrogen-bond donors (Lipinski definition) is 1. The van der Waals surface area contributed by atoms with Crippen molar-refractivity contribution in [3.63, 3.8) is 0 Å². The highest BCUT2D eigenvalue weighted by Crippen LogP contribution is 2.23. The van der Waals surface area contributed by atoms with Gasteiger partial charge in [0.2, 0.25) is 0 Å². The number of nitrogens with zero attached hydrogens (tertiary/aromatic N) is 4. The van der Waals surface area contributed by atoms with E-state index in [9.17, 15) is 0 Å². The van der Waals surface area contributed by atoms with Crippen molar-refractivity contribution in [3.8, 4) is 0 Å². The van der Waals surface area contributed by atoms with Gasteiger partial charge in [0.1, 0.15) is 17.5 Å². The maximum Gasteiger partial charge on any atom is 0.138 e. The first-order chi connectivity index (χ1) is 9.36. The van der Waals surface area contributed by atoms with Crippen LogP contribution >= 0.6 is 0 Å². The number of hydrogen-bond acceptors (Lipinski definition) is 5. The summed E-state index contributed by atoms with van der Waals surface area (Å²) in [6, 6.07) is 7.67. The lowest BCUT2D eigenvalue weighted by atomic mass is 9.96. The molecule has 2 aromatic rings. The summed E-state index contributed by atoms with van der Waals surface area (Å²) in [5.74, 6) is 2.06. The monoisotopic (exact) mass is 271 g/mol. The predicted octanol–water partition coefficient (Wildman–Crippen LogP) is 2.39. The lowest BCUT2D eigenvalue weighted by Crippen LogP contribution is -2.23. The van der Waals surface area contributed by atoms with Crippen LogP contribution in [-0.4, -0.2) is 22.0 Å². The van der Waals surface area contributed by atoms with Crippen molar-refractivity contribution in [2.75, 3.05) is 17.7 Å². The molecular weight excluding hydrogens is 250 g/mol. The van der Waals surface area contributed by atoms with Gasteiger partial charge in [-0.1, -0.05) is 26.8 Å². The summed E-state index contributed by atoms with van der Waals surface area (Å²) >= 11 is 0. The molecule has 106 valence electrons. The van der Waals surface area contributed by atoms with E-state index in [1.807, 2.05) is 30.1 Å². The highest BCUT2D eigenvalue weighted by molar-refractivity contribution is 5.47. The third-order valence-corrected chi connectivity index (χ3v) is 2.92. The maximum absolute atomic E-state index is 5.89. The largest absolute Gasteiger partial charge is 0.384 e. The smallest absolute Gasteiger partial charge is 0.138 e. The fourth-order valence-corrected chi connectivity index (χ4v) is 1.80. The number of nitrogen functional groups attached to an aromatic ring is 1. The Morgan fingerprint density at radius 1 is 1.20 bits per heavy atom. The Kier molecular flexibility index (Phi) is 3.88. The summed E-state index contributed by atoms with van der Waals surface area (Å²) in [4.78, 5) is 15.3. The summed E-state index contributed by atoms with van der Waals surface area (Å²) in [6.45, 7) is 6.90. The van der Waals surface area contributed by atoms with Crippen molar-refractivity contribution in [1.29, 1.82) is 0 Å². The van der Waals surface area contributed by atoms with Gasteiger partial charge in [-0.15, -0.1) is 0 Å². The van der Waals surface area contributed by atoms with Crippen molar-refractivity contribution < 1.29 is 0 Å². The van der Waals surface area contributed by atoms with Crippen molar-refractivity contribution in [2.24, 2.45) is 0 Å². The zero-order chi connectivity index (χ0) is 14.8. The van der Waals surface area contributed by atoms with Gasteiger partial charge < -0.3 is 10.6 Å². The third-order valence-electron chi connectivity index (χ3n) is 2.92. The number of aromatic nitrogens is 3. The van der Waals surface area contributed by atoms with E-state index >= 15 is 0 Å². The van der Waals surface area contributed by atoms with Gasteiger partial charge in [-0.2, -0.15) is 0 Å². The molecule has 0 saturated carbocycles. The van der Waals surface area contributed by atoms with Crippen LogP contribution in [-0.2, 0) is 12.0 Å². The van der Waals surface area contributed by atoms with Crippen LogP contribution in [0.4, 0.5) is 11.6 Å². The Morgan fingerprint density at radius 3 is 2.55 bits per heavy atom. The van der Waals surface area contributed by atoms with Crippen LogP contribution < -0.4 is 10.6 Å². The summed E-state index contributed by atoms with van der Waals surface area (Å²) in [5, 5.41) is 0. The molecule has 0 amide bonds. The van der Waals surface area contributed by atoms with Gasteiger partial charge in [0, 0.05) is 24.7 Å². The minimum Gasteiger partial charge on any atom is -0.384 e. The first-order valence-corrected chi connectivity index (χ1v) is 6.62. The normalized spacial score (nSPS) is 11.4. The molecule has 20 heavy (non-hydrogen) atoms. The van der Waals surface area contributed by atoms with Gasteiger partial charge >= 0.3 is 0 Å². The highest BCUT2D eigenvalue weighted by Gasteiger charge is 2.19. The van der Waals surface area contributed by atoms with E-state index in [0.717, 1.165) is 17.3 Å². The van der Waals surface area contributed by atoms with Crippen LogP contribution in [0.2, 0.25) is 0 Å². The lowest BCUT2D eigenvalue weighted by Gasteiger charge is -2.22.